The van der Waals surface area contributed by atoms with Crippen molar-refractivity contribution in [3.63, 3.8) is 0 Å². The molecule has 0 bridgehead atoms. The minimum atomic E-state index is -3.41. The van der Waals surface area contributed by atoms with Crippen LogP contribution in [0.15, 0.2) is 58.4 Å². The monoisotopic (exact) mass is 532 g/mol. The predicted molar refractivity (Wildman–Crippen MR) is 128 cm³/mol. The first-order valence-electron chi connectivity index (χ1n) is 8.96. The lowest BCUT2D eigenvalue weighted by Crippen LogP contribution is -2.37. The molecule has 9 heteroatoms. The van der Waals surface area contributed by atoms with Gasteiger partial charge in [-0.3, -0.25) is 4.99 Å². The number of methoxy groups -OCH3 is 1. The van der Waals surface area contributed by atoms with Gasteiger partial charge in [-0.1, -0.05) is 30.3 Å². The minimum Gasteiger partial charge on any atom is -0.496 e. The van der Waals surface area contributed by atoms with Crippen LogP contribution in [0, 0.1) is 0 Å². The summed E-state index contributed by atoms with van der Waals surface area (Å²) in [5.74, 6) is 1.56. The van der Waals surface area contributed by atoms with E-state index in [0.29, 0.717) is 19.0 Å². The van der Waals surface area contributed by atoms with Crippen LogP contribution in [0.1, 0.15) is 11.1 Å². The molecule has 0 unspecified atom stereocenters. The molecule has 0 fully saturated rings. The molecular formula is C20H29IN4O3S. The van der Waals surface area contributed by atoms with Gasteiger partial charge in [-0.25, -0.2) is 12.7 Å². The highest BCUT2D eigenvalue weighted by Crippen LogP contribution is 2.17. The van der Waals surface area contributed by atoms with Gasteiger partial charge in [-0.05, 0) is 35.7 Å². The Labute approximate surface area is 190 Å². The number of ether oxygens (including phenoxy) is 1. The molecule has 0 heterocycles. The van der Waals surface area contributed by atoms with Crippen LogP contribution in [0.2, 0.25) is 0 Å². The molecule has 0 spiro atoms. The van der Waals surface area contributed by atoms with Crippen LogP contribution in [-0.2, 0) is 23.0 Å². The maximum absolute atomic E-state index is 12.1. The molecule has 2 aromatic rings. The summed E-state index contributed by atoms with van der Waals surface area (Å²) in [5.41, 5.74) is 2.09. The number of sulfonamides is 1. The highest BCUT2D eigenvalue weighted by molar-refractivity contribution is 14.0. The molecule has 0 amide bonds. The summed E-state index contributed by atoms with van der Waals surface area (Å²) in [6, 6.07) is 14.8. The summed E-state index contributed by atoms with van der Waals surface area (Å²) < 4.78 is 30.8. The molecule has 0 radical (unpaired) electrons. The van der Waals surface area contributed by atoms with E-state index >= 15 is 0 Å². The summed E-state index contributed by atoms with van der Waals surface area (Å²) in [6.07, 6.45) is 0.807. The van der Waals surface area contributed by atoms with Gasteiger partial charge >= 0.3 is 0 Å². The van der Waals surface area contributed by atoms with Gasteiger partial charge in [0.05, 0.1) is 12.0 Å². The first kappa shape index (κ1) is 25.2. The lowest BCUT2D eigenvalue weighted by Gasteiger charge is -2.14. The average Bonchev–Trinajstić information content (AvgIpc) is 2.71. The third-order valence-corrected chi connectivity index (χ3v) is 6.09. The topological polar surface area (TPSA) is 83.0 Å². The molecular weight excluding hydrogens is 503 g/mol. The smallest absolute Gasteiger partial charge is 0.242 e. The number of benzene rings is 2. The minimum absolute atomic E-state index is 0. The molecule has 0 atom stereocenters. The Kier molecular flexibility index (Phi) is 10.4. The first-order chi connectivity index (χ1) is 13.4. The summed E-state index contributed by atoms with van der Waals surface area (Å²) in [4.78, 5) is 4.50. The van der Waals surface area contributed by atoms with Crippen molar-refractivity contribution in [1.29, 1.82) is 0 Å². The lowest BCUT2D eigenvalue weighted by atomic mass is 10.1. The lowest BCUT2D eigenvalue weighted by molar-refractivity contribution is 0.409. The molecule has 0 aliphatic rings. The average molecular weight is 532 g/mol. The zero-order valence-corrected chi connectivity index (χ0v) is 20.3. The normalized spacial score (nSPS) is 11.7. The molecule has 2 rings (SSSR count). The largest absolute Gasteiger partial charge is 0.496 e. The molecule has 0 saturated carbocycles. The van der Waals surface area contributed by atoms with Crippen LogP contribution in [0.4, 0.5) is 0 Å². The fourth-order valence-electron chi connectivity index (χ4n) is 2.62. The Hall–Kier alpha value is -1.85. The zero-order valence-electron chi connectivity index (χ0n) is 17.2. The number of rotatable bonds is 8. The Balaban J connectivity index is 0.00000420. The van der Waals surface area contributed by atoms with E-state index in [1.54, 1.807) is 38.4 Å². The van der Waals surface area contributed by atoms with Crippen LogP contribution in [0.5, 0.6) is 5.75 Å². The fourth-order valence-corrected chi connectivity index (χ4v) is 3.52. The van der Waals surface area contributed by atoms with Gasteiger partial charge in [-0.2, -0.15) is 0 Å². The molecule has 0 aliphatic carbocycles. The van der Waals surface area contributed by atoms with Crippen molar-refractivity contribution in [3.8, 4) is 5.75 Å². The zero-order chi connectivity index (χ0) is 20.6. The Morgan fingerprint density at radius 3 is 2.31 bits per heavy atom. The van der Waals surface area contributed by atoms with E-state index in [4.69, 9.17) is 4.74 Å². The Morgan fingerprint density at radius 2 is 1.72 bits per heavy atom. The number of para-hydroxylation sites is 1. The van der Waals surface area contributed by atoms with Gasteiger partial charge in [0.25, 0.3) is 0 Å². The quantitative estimate of drug-likeness (QED) is 0.310. The van der Waals surface area contributed by atoms with Crippen LogP contribution >= 0.6 is 24.0 Å². The van der Waals surface area contributed by atoms with E-state index in [0.717, 1.165) is 23.3 Å². The van der Waals surface area contributed by atoms with Crippen molar-refractivity contribution in [2.24, 2.45) is 4.99 Å². The molecule has 7 nitrogen and oxygen atoms in total. The van der Waals surface area contributed by atoms with Crippen molar-refractivity contribution in [3.05, 3.63) is 59.7 Å². The van der Waals surface area contributed by atoms with E-state index in [2.05, 4.69) is 15.6 Å². The second kappa shape index (κ2) is 12.0. The number of nitrogens with one attached hydrogen (secondary N) is 2. The number of nitrogens with zero attached hydrogens (tertiary/aromatic N) is 2. The van der Waals surface area contributed by atoms with E-state index in [1.807, 2.05) is 24.3 Å². The Bertz CT molecular complexity index is 900. The predicted octanol–water partition coefficient (Wildman–Crippen LogP) is 2.47. The summed E-state index contributed by atoms with van der Waals surface area (Å²) in [6.45, 7) is 1.25. The molecule has 0 aliphatic heterocycles. The van der Waals surface area contributed by atoms with Crippen LogP contribution < -0.4 is 15.4 Å². The SMILES string of the molecule is CN=C(NCCc1ccccc1OC)NCc1ccc(S(=O)(=O)N(C)C)cc1.I. The number of aliphatic imine (C=N–C) groups is 1. The second-order valence-electron chi connectivity index (χ2n) is 6.35. The molecule has 0 aromatic heterocycles. The van der Waals surface area contributed by atoms with Crippen LogP contribution in [0.25, 0.3) is 0 Å². The second-order valence-corrected chi connectivity index (χ2v) is 8.50. The highest BCUT2D eigenvalue weighted by atomic mass is 127. The van der Waals surface area contributed by atoms with Gasteiger partial charge in [0.1, 0.15) is 5.75 Å². The number of hydrogen-bond acceptors (Lipinski definition) is 4. The molecule has 0 saturated heterocycles. The molecule has 2 N–H and O–H groups in total. The number of hydrogen-bond donors (Lipinski definition) is 2. The number of halogens is 1. The standard InChI is InChI=1S/C20H28N4O3S.HI/c1-21-20(22-14-13-17-7-5-6-8-19(17)27-4)23-15-16-9-11-18(12-10-16)28(25,26)24(2)3;/h5-12H,13-15H2,1-4H3,(H2,21,22,23);1H. The molecule has 29 heavy (non-hydrogen) atoms. The van der Waals surface area contributed by atoms with Gasteiger partial charge in [-0.15, -0.1) is 24.0 Å². The third-order valence-electron chi connectivity index (χ3n) is 4.26. The molecule has 160 valence electrons. The van der Waals surface area contributed by atoms with Gasteiger partial charge < -0.3 is 15.4 Å². The third kappa shape index (κ3) is 7.16. The Morgan fingerprint density at radius 1 is 1.07 bits per heavy atom. The maximum Gasteiger partial charge on any atom is 0.242 e. The van der Waals surface area contributed by atoms with E-state index in [1.165, 1.54) is 18.4 Å². The van der Waals surface area contributed by atoms with Crippen LogP contribution in [0.3, 0.4) is 0 Å². The van der Waals surface area contributed by atoms with Crippen molar-refractivity contribution in [2.45, 2.75) is 17.9 Å². The molecule has 2 aromatic carbocycles. The van der Waals surface area contributed by atoms with Crippen molar-refractivity contribution >= 4 is 40.0 Å². The van der Waals surface area contributed by atoms with Crippen molar-refractivity contribution in [2.75, 3.05) is 34.8 Å². The van der Waals surface area contributed by atoms with E-state index in [9.17, 15) is 8.42 Å². The van der Waals surface area contributed by atoms with E-state index < -0.39 is 10.0 Å². The first-order valence-corrected chi connectivity index (χ1v) is 10.4. The maximum atomic E-state index is 12.1. The van der Waals surface area contributed by atoms with Gasteiger partial charge in [0, 0.05) is 34.2 Å². The van der Waals surface area contributed by atoms with Crippen molar-refractivity contribution in [1.82, 2.24) is 14.9 Å². The summed E-state index contributed by atoms with van der Waals surface area (Å²) in [7, 11) is 3.01. The van der Waals surface area contributed by atoms with Crippen LogP contribution in [-0.4, -0.2) is 53.5 Å². The summed E-state index contributed by atoms with van der Waals surface area (Å²) >= 11 is 0. The van der Waals surface area contributed by atoms with Gasteiger partial charge in [0.15, 0.2) is 5.96 Å². The van der Waals surface area contributed by atoms with Gasteiger partial charge in [0.2, 0.25) is 10.0 Å². The van der Waals surface area contributed by atoms with Crippen molar-refractivity contribution < 1.29 is 13.2 Å². The summed E-state index contributed by atoms with van der Waals surface area (Å²) in [5, 5.41) is 6.50. The number of guanidine groups is 1. The highest BCUT2D eigenvalue weighted by Gasteiger charge is 2.16. The van der Waals surface area contributed by atoms with E-state index in [-0.39, 0.29) is 28.9 Å². The fraction of sp³-hybridized carbons (Fsp3) is 0.350.